The number of hydrogen-bond donors (Lipinski definition) is 1. The quantitative estimate of drug-likeness (QED) is 0.497. The summed E-state index contributed by atoms with van der Waals surface area (Å²) in [6.07, 6.45) is 0.554. The number of rotatable bonds is 1. The van der Waals surface area contributed by atoms with Gasteiger partial charge in [0.15, 0.2) is 0 Å². The first-order chi connectivity index (χ1) is 3.75. The zero-order chi connectivity index (χ0) is 6.15. The third-order valence-corrected chi connectivity index (χ3v) is 1.24. The van der Waals surface area contributed by atoms with E-state index in [1.54, 1.807) is 0 Å². The van der Waals surface area contributed by atoms with Gasteiger partial charge >= 0.3 is 5.97 Å². The Labute approximate surface area is 46.8 Å². The van der Waals surface area contributed by atoms with Gasteiger partial charge in [0.05, 0.1) is 0 Å². The first kappa shape index (κ1) is 5.10. The van der Waals surface area contributed by atoms with Crippen LogP contribution in [0.4, 0.5) is 0 Å². The van der Waals surface area contributed by atoms with Crippen LogP contribution < -0.4 is 0 Å². The van der Waals surface area contributed by atoms with Crippen LogP contribution in [0.5, 0.6) is 0 Å². The van der Waals surface area contributed by atoms with Crippen LogP contribution in [0.25, 0.3) is 4.85 Å². The fourth-order valence-electron chi connectivity index (χ4n) is 0.590. The Morgan fingerprint density at radius 1 is 1.88 bits per heavy atom. The van der Waals surface area contributed by atoms with Crippen molar-refractivity contribution < 1.29 is 9.90 Å². The molecule has 1 rings (SSSR count). The van der Waals surface area contributed by atoms with E-state index in [9.17, 15) is 4.79 Å². The lowest BCUT2D eigenvalue weighted by Crippen LogP contribution is -1.99. The Morgan fingerprint density at radius 3 is 2.62 bits per heavy atom. The Balaban J connectivity index is 2.40. The predicted molar refractivity (Wildman–Crippen MR) is 26.1 cm³/mol. The van der Waals surface area contributed by atoms with Gasteiger partial charge < -0.3 is 9.95 Å². The maximum absolute atomic E-state index is 9.99. The molecular formula is C5H5NO2. The summed E-state index contributed by atoms with van der Waals surface area (Å²) in [7, 11) is 0. The lowest BCUT2D eigenvalue weighted by Gasteiger charge is -1.76. The molecule has 1 aliphatic carbocycles. The van der Waals surface area contributed by atoms with Gasteiger partial charge in [-0.05, 0) is 0 Å². The summed E-state index contributed by atoms with van der Waals surface area (Å²) in [5.74, 6) is -1.18. The van der Waals surface area contributed by atoms with E-state index in [0.717, 1.165) is 0 Å². The van der Waals surface area contributed by atoms with Gasteiger partial charge in [-0.3, -0.25) is 4.79 Å². The standard InChI is InChI=1S/C5H5NO2/c1-6-4-2-3(4)5(7)8/h3-4H,2H2,(H,7,8). The van der Waals surface area contributed by atoms with Gasteiger partial charge in [0.1, 0.15) is 5.92 Å². The highest BCUT2D eigenvalue weighted by molar-refractivity contribution is 5.74. The van der Waals surface area contributed by atoms with E-state index >= 15 is 0 Å². The third-order valence-electron chi connectivity index (χ3n) is 1.24. The topological polar surface area (TPSA) is 41.7 Å². The molecule has 3 heteroatoms. The van der Waals surface area contributed by atoms with Crippen molar-refractivity contribution in [1.82, 2.24) is 0 Å². The van der Waals surface area contributed by atoms with E-state index in [0.29, 0.717) is 6.42 Å². The minimum atomic E-state index is -0.828. The second-order valence-electron chi connectivity index (χ2n) is 1.88. The summed E-state index contributed by atoms with van der Waals surface area (Å²) in [5, 5.41) is 8.21. The molecule has 0 aromatic heterocycles. The van der Waals surface area contributed by atoms with Crippen molar-refractivity contribution in [2.45, 2.75) is 12.5 Å². The smallest absolute Gasteiger partial charge is 0.314 e. The predicted octanol–water partition coefficient (Wildman–Crippen LogP) is 0.379. The maximum Gasteiger partial charge on any atom is 0.314 e. The van der Waals surface area contributed by atoms with Crippen molar-refractivity contribution in [3.05, 3.63) is 11.4 Å². The zero-order valence-corrected chi connectivity index (χ0v) is 4.16. The molecule has 1 saturated carbocycles. The van der Waals surface area contributed by atoms with Gasteiger partial charge in [-0.15, -0.1) is 0 Å². The minimum absolute atomic E-state index is 0.215. The van der Waals surface area contributed by atoms with Crippen molar-refractivity contribution in [2.75, 3.05) is 0 Å². The third kappa shape index (κ3) is 0.648. The Bertz CT molecular complexity index is 158. The molecule has 1 N–H and O–H groups in total. The van der Waals surface area contributed by atoms with Gasteiger partial charge in [-0.2, -0.15) is 0 Å². The Kier molecular flexibility index (Phi) is 0.943. The highest BCUT2D eigenvalue weighted by Crippen LogP contribution is 2.33. The molecule has 42 valence electrons. The molecule has 2 unspecified atom stereocenters. The molecule has 0 amide bonds. The Morgan fingerprint density at radius 2 is 2.50 bits per heavy atom. The molecule has 1 fully saturated rings. The van der Waals surface area contributed by atoms with Crippen molar-refractivity contribution in [3.8, 4) is 0 Å². The van der Waals surface area contributed by atoms with Gasteiger partial charge in [0, 0.05) is 6.42 Å². The number of aliphatic carboxylic acids is 1. The van der Waals surface area contributed by atoms with Crippen LogP contribution in [-0.2, 0) is 4.79 Å². The molecule has 0 aliphatic heterocycles. The van der Waals surface area contributed by atoms with Crippen LogP contribution in [-0.4, -0.2) is 17.1 Å². The van der Waals surface area contributed by atoms with E-state index < -0.39 is 5.97 Å². The van der Waals surface area contributed by atoms with Crippen LogP contribution in [0.1, 0.15) is 6.42 Å². The molecule has 0 saturated heterocycles. The van der Waals surface area contributed by atoms with Crippen molar-refractivity contribution in [3.63, 3.8) is 0 Å². The normalized spacial score (nSPS) is 33.4. The molecule has 0 aromatic rings. The molecule has 0 spiro atoms. The van der Waals surface area contributed by atoms with Crippen LogP contribution in [0.3, 0.4) is 0 Å². The molecule has 3 nitrogen and oxygen atoms in total. The highest BCUT2D eigenvalue weighted by atomic mass is 16.4. The van der Waals surface area contributed by atoms with Gasteiger partial charge in [-0.25, -0.2) is 6.57 Å². The van der Waals surface area contributed by atoms with Gasteiger partial charge in [0.25, 0.3) is 0 Å². The van der Waals surface area contributed by atoms with Crippen LogP contribution in [0.15, 0.2) is 0 Å². The second kappa shape index (κ2) is 1.48. The molecule has 1 aliphatic rings. The first-order valence-corrected chi connectivity index (χ1v) is 2.35. The summed E-state index contributed by atoms with van der Waals surface area (Å²) in [5.41, 5.74) is 0. The number of carboxylic acid groups (broad SMARTS) is 1. The fraction of sp³-hybridized carbons (Fsp3) is 0.600. The highest BCUT2D eigenvalue weighted by Gasteiger charge is 2.50. The van der Waals surface area contributed by atoms with E-state index in [2.05, 4.69) is 4.85 Å². The molecule has 0 radical (unpaired) electrons. The second-order valence-corrected chi connectivity index (χ2v) is 1.88. The number of hydrogen-bond acceptors (Lipinski definition) is 1. The zero-order valence-electron chi connectivity index (χ0n) is 4.16. The fourth-order valence-corrected chi connectivity index (χ4v) is 0.590. The lowest BCUT2D eigenvalue weighted by atomic mass is 10.4. The first-order valence-electron chi connectivity index (χ1n) is 2.35. The van der Waals surface area contributed by atoms with Crippen molar-refractivity contribution in [2.24, 2.45) is 5.92 Å². The molecule has 0 bridgehead atoms. The molecule has 0 aromatic carbocycles. The number of carbonyl (C=O) groups is 1. The SMILES string of the molecule is [C-]#[N+]C1CC1C(=O)O. The van der Waals surface area contributed by atoms with E-state index in [4.69, 9.17) is 11.7 Å². The van der Waals surface area contributed by atoms with Gasteiger partial charge in [0.2, 0.25) is 6.04 Å². The molecule has 2 atom stereocenters. The van der Waals surface area contributed by atoms with Crippen LogP contribution in [0.2, 0.25) is 0 Å². The molecule has 0 heterocycles. The van der Waals surface area contributed by atoms with E-state index in [1.165, 1.54) is 0 Å². The maximum atomic E-state index is 9.99. The van der Waals surface area contributed by atoms with E-state index in [1.807, 2.05) is 0 Å². The Hall–Kier alpha value is -1.04. The summed E-state index contributed by atoms with van der Waals surface area (Å²) < 4.78 is 0. The van der Waals surface area contributed by atoms with Crippen LogP contribution >= 0.6 is 0 Å². The summed E-state index contributed by atoms with van der Waals surface area (Å²) >= 11 is 0. The number of carboxylic acids is 1. The largest absolute Gasteiger partial charge is 0.481 e. The summed E-state index contributed by atoms with van der Waals surface area (Å²) in [6.45, 7) is 6.41. The lowest BCUT2D eigenvalue weighted by molar-refractivity contribution is -0.138. The van der Waals surface area contributed by atoms with Gasteiger partial charge in [-0.1, -0.05) is 0 Å². The van der Waals surface area contributed by atoms with E-state index in [-0.39, 0.29) is 12.0 Å². The average Bonchev–Trinajstić information content (AvgIpc) is 2.42. The van der Waals surface area contributed by atoms with Crippen LogP contribution in [0, 0.1) is 12.5 Å². The minimum Gasteiger partial charge on any atom is -0.481 e. The summed E-state index contributed by atoms with van der Waals surface area (Å²) in [4.78, 5) is 13.1. The van der Waals surface area contributed by atoms with Crippen molar-refractivity contribution >= 4 is 5.97 Å². The van der Waals surface area contributed by atoms with Crippen molar-refractivity contribution in [1.29, 1.82) is 0 Å². The summed E-state index contributed by atoms with van der Waals surface area (Å²) in [6, 6.07) is -0.215. The molecular weight excluding hydrogens is 106 g/mol. The average molecular weight is 111 g/mol. The monoisotopic (exact) mass is 111 g/mol. The molecule has 8 heavy (non-hydrogen) atoms. The number of nitrogens with zero attached hydrogens (tertiary/aromatic N) is 1.